The van der Waals surface area contributed by atoms with Crippen LogP contribution in [0.3, 0.4) is 0 Å². The van der Waals surface area contributed by atoms with Gasteiger partial charge in [-0.05, 0) is 20.8 Å². The van der Waals surface area contributed by atoms with Crippen molar-refractivity contribution in [1.82, 2.24) is 15.3 Å². The molecule has 0 bridgehead atoms. The van der Waals surface area contributed by atoms with E-state index in [1.54, 1.807) is 13.8 Å². The Bertz CT molecular complexity index is 437. The highest BCUT2D eigenvalue weighted by Crippen LogP contribution is 2.11. The van der Waals surface area contributed by atoms with Crippen LogP contribution in [0.4, 0.5) is 0 Å². The molecule has 94 valence electrons. The summed E-state index contributed by atoms with van der Waals surface area (Å²) >= 11 is 0. The maximum Gasteiger partial charge on any atom is 0.354 e. The predicted octanol–water partition coefficient (Wildman–Crippen LogP) is -0.00290. The molecular formula is C10H15N3O4. The predicted molar refractivity (Wildman–Crippen MR) is 58.8 cm³/mol. The van der Waals surface area contributed by atoms with Gasteiger partial charge < -0.3 is 20.5 Å². The Balaban J connectivity index is 2.91. The lowest BCUT2D eigenvalue weighted by Gasteiger charge is -2.28. The molecule has 1 aromatic rings. The maximum absolute atomic E-state index is 11.8. The molecule has 1 rings (SSSR count). The van der Waals surface area contributed by atoms with Gasteiger partial charge in [-0.1, -0.05) is 0 Å². The molecule has 0 aliphatic carbocycles. The molecule has 4 N–H and O–H groups in total. The lowest BCUT2D eigenvalue weighted by atomic mass is 9.98. The number of hydrogen-bond acceptors (Lipinski definition) is 4. The average molecular weight is 241 g/mol. The van der Waals surface area contributed by atoms with E-state index in [-0.39, 0.29) is 11.4 Å². The number of carbonyl (C=O) groups is 2. The van der Waals surface area contributed by atoms with E-state index in [0.717, 1.165) is 6.33 Å². The van der Waals surface area contributed by atoms with Crippen LogP contribution >= 0.6 is 0 Å². The van der Waals surface area contributed by atoms with Crippen LogP contribution in [-0.4, -0.2) is 43.7 Å². The van der Waals surface area contributed by atoms with Gasteiger partial charge in [-0.15, -0.1) is 0 Å². The molecule has 0 saturated heterocycles. The fraction of sp³-hybridized carbons (Fsp3) is 0.500. The molecule has 0 aliphatic heterocycles. The number of aromatic carboxylic acids is 1. The standard InChI is InChI=1S/C10H15N3O4/c1-5(14)10(2,3)13-8(15)6-7(9(16)17)12-4-11-6/h4-5,14H,1-3H3,(H,11,12)(H,13,15)(H,16,17). The molecule has 1 amide bonds. The monoisotopic (exact) mass is 241 g/mol. The maximum atomic E-state index is 11.8. The van der Waals surface area contributed by atoms with Gasteiger partial charge in [-0.2, -0.15) is 0 Å². The number of aromatic amines is 1. The second-order valence-corrected chi connectivity index (χ2v) is 4.28. The molecule has 7 nitrogen and oxygen atoms in total. The number of H-pyrrole nitrogens is 1. The quantitative estimate of drug-likeness (QED) is 0.592. The number of imidazole rings is 1. The van der Waals surface area contributed by atoms with E-state index in [1.807, 2.05) is 0 Å². The average Bonchev–Trinajstić information content (AvgIpc) is 2.64. The van der Waals surface area contributed by atoms with Crippen molar-refractivity contribution in [2.45, 2.75) is 32.4 Å². The Morgan fingerprint density at radius 1 is 1.53 bits per heavy atom. The number of aromatic nitrogens is 2. The summed E-state index contributed by atoms with van der Waals surface area (Å²) in [5, 5.41) is 20.8. The summed E-state index contributed by atoms with van der Waals surface area (Å²) in [5.74, 6) is -1.91. The van der Waals surface area contributed by atoms with Crippen molar-refractivity contribution in [1.29, 1.82) is 0 Å². The number of carbonyl (C=O) groups excluding carboxylic acids is 1. The van der Waals surface area contributed by atoms with Crippen molar-refractivity contribution >= 4 is 11.9 Å². The number of hydrogen-bond donors (Lipinski definition) is 4. The molecule has 1 unspecified atom stereocenters. The number of aliphatic hydroxyl groups is 1. The highest BCUT2D eigenvalue weighted by molar-refractivity contribution is 6.02. The number of nitrogens with zero attached hydrogens (tertiary/aromatic N) is 1. The SMILES string of the molecule is CC(O)C(C)(C)NC(=O)c1nc[nH]c1C(=O)O. The van der Waals surface area contributed by atoms with Crippen LogP contribution in [0.2, 0.25) is 0 Å². The molecule has 0 aliphatic rings. The second-order valence-electron chi connectivity index (χ2n) is 4.28. The van der Waals surface area contributed by atoms with Crippen LogP contribution in [0.1, 0.15) is 41.7 Å². The van der Waals surface area contributed by atoms with Gasteiger partial charge in [0.05, 0.1) is 18.0 Å². The Labute approximate surface area is 97.9 Å². The normalized spacial score (nSPS) is 13.2. The van der Waals surface area contributed by atoms with Crippen molar-refractivity contribution < 1.29 is 19.8 Å². The number of amides is 1. The van der Waals surface area contributed by atoms with Gasteiger partial charge in [-0.3, -0.25) is 4.79 Å². The Morgan fingerprint density at radius 3 is 2.59 bits per heavy atom. The van der Waals surface area contributed by atoms with E-state index in [2.05, 4.69) is 15.3 Å². The zero-order chi connectivity index (χ0) is 13.2. The summed E-state index contributed by atoms with van der Waals surface area (Å²) in [6.07, 6.45) is 0.354. The molecule has 0 fully saturated rings. The fourth-order valence-corrected chi connectivity index (χ4v) is 1.09. The molecule has 0 aromatic carbocycles. The van der Waals surface area contributed by atoms with Crippen LogP contribution in [0.15, 0.2) is 6.33 Å². The molecular weight excluding hydrogens is 226 g/mol. The summed E-state index contributed by atoms with van der Waals surface area (Å²) in [4.78, 5) is 28.6. The van der Waals surface area contributed by atoms with E-state index in [4.69, 9.17) is 5.11 Å². The van der Waals surface area contributed by atoms with Crippen molar-refractivity contribution in [2.75, 3.05) is 0 Å². The lowest BCUT2D eigenvalue weighted by Crippen LogP contribution is -2.51. The first-order chi connectivity index (χ1) is 7.75. The van der Waals surface area contributed by atoms with Gasteiger partial charge in [0.2, 0.25) is 0 Å². The minimum Gasteiger partial charge on any atom is -0.477 e. The number of aliphatic hydroxyl groups excluding tert-OH is 1. The van der Waals surface area contributed by atoms with Crippen LogP contribution in [0.25, 0.3) is 0 Å². The van der Waals surface area contributed by atoms with Gasteiger partial charge in [-0.25, -0.2) is 9.78 Å². The van der Waals surface area contributed by atoms with E-state index in [9.17, 15) is 14.7 Å². The summed E-state index contributed by atoms with van der Waals surface area (Å²) < 4.78 is 0. The van der Waals surface area contributed by atoms with Crippen molar-refractivity contribution in [3.8, 4) is 0 Å². The Hall–Kier alpha value is -1.89. The highest BCUT2D eigenvalue weighted by atomic mass is 16.4. The molecule has 7 heteroatoms. The summed E-state index contributed by atoms with van der Waals surface area (Å²) in [6, 6.07) is 0. The highest BCUT2D eigenvalue weighted by Gasteiger charge is 2.29. The number of carboxylic acids is 1. The first-order valence-corrected chi connectivity index (χ1v) is 5.03. The van der Waals surface area contributed by atoms with E-state index >= 15 is 0 Å². The molecule has 1 heterocycles. The minimum absolute atomic E-state index is 0.203. The number of rotatable bonds is 4. The third-order valence-corrected chi connectivity index (χ3v) is 2.55. The molecule has 0 radical (unpaired) electrons. The zero-order valence-electron chi connectivity index (χ0n) is 9.81. The van der Waals surface area contributed by atoms with Gasteiger partial charge in [0.1, 0.15) is 0 Å². The lowest BCUT2D eigenvalue weighted by molar-refractivity contribution is 0.0663. The minimum atomic E-state index is -1.26. The van der Waals surface area contributed by atoms with E-state index < -0.39 is 23.5 Å². The third-order valence-electron chi connectivity index (χ3n) is 2.55. The summed E-state index contributed by atoms with van der Waals surface area (Å²) in [6.45, 7) is 4.79. The second kappa shape index (κ2) is 4.54. The fourth-order valence-electron chi connectivity index (χ4n) is 1.09. The summed E-state index contributed by atoms with van der Waals surface area (Å²) in [5.41, 5.74) is -1.35. The smallest absolute Gasteiger partial charge is 0.354 e. The zero-order valence-corrected chi connectivity index (χ0v) is 9.81. The topological polar surface area (TPSA) is 115 Å². The molecule has 0 saturated carbocycles. The van der Waals surface area contributed by atoms with Crippen molar-refractivity contribution in [3.63, 3.8) is 0 Å². The van der Waals surface area contributed by atoms with Crippen molar-refractivity contribution in [3.05, 3.63) is 17.7 Å². The third kappa shape index (κ3) is 2.82. The molecule has 1 aromatic heterocycles. The molecule has 1 atom stereocenters. The first kappa shape index (κ1) is 13.2. The van der Waals surface area contributed by atoms with Crippen molar-refractivity contribution in [2.24, 2.45) is 0 Å². The molecule has 17 heavy (non-hydrogen) atoms. The Kier molecular flexibility index (Phi) is 3.52. The number of carboxylic acid groups (broad SMARTS) is 1. The van der Waals surface area contributed by atoms with Gasteiger partial charge in [0, 0.05) is 0 Å². The van der Waals surface area contributed by atoms with E-state index in [1.165, 1.54) is 6.92 Å². The number of nitrogens with one attached hydrogen (secondary N) is 2. The van der Waals surface area contributed by atoms with Crippen LogP contribution in [0.5, 0.6) is 0 Å². The van der Waals surface area contributed by atoms with Crippen LogP contribution < -0.4 is 5.32 Å². The largest absolute Gasteiger partial charge is 0.477 e. The van der Waals surface area contributed by atoms with Gasteiger partial charge in [0.25, 0.3) is 5.91 Å². The first-order valence-electron chi connectivity index (χ1n) is 5.03. The van der Waals surface area contributed by atoms with Gasteiger partial charge >= 0.3 is 5.97 Å². The Morgan fingerprint density at radius 2 is 2.12 bits per heavy atom. The summed E-state index contributed by atoms with van der Waals surface area (Å²) in [7, 11) is 0. The molecule has 0 spiro atoms. The van der Waals surface area contributed by atoms with Crippen LogP contribution in [-0.2, 0) is 0 Å². The van der Waals surface area contributed by atoms with E-state index in [0.29, 0.717) is 0 Å². The van der Waals surface area contributed by atoms with Gasteiger partial charge in [0.15, 0.2) is 11.4 Å². The van der Waals surface area contributed by atoms with Crippen LogP contribution in [0, 0.1) is 0 Å².